The number of carboxylic acid groups (broad SMARTS) is 1. The largest absolute Gasteiger partial charge is 0.478 e. The number of hydrogen-bond donors (Lipinski definition) is 2. The van der Waals surface area contributed by atoms with E-state index in [0.29, 0.717) is 18.5 Å². The monoisotopic (exact) mass is 237 g/mol. The lowest BCUT2D eigenvalue weighted by molar-refractivity contribution is -0.132. The van der Waals surface area contributed by atoms with E-state index in [4.69, 9.17) is 5.11 Å². The minimum Gasteiger partial charge on any atom is -0.478 e. The van der Waals surface area contributed by atoms with Crippen LogP contribution in [-0.2, 0) is 18.3 Å². The van der Waals surface area contributed by atoms with E-state index >= 15 is 0 Å². The van der Waals surface area contributed by atoms with E-state index in [1.54, 1.807) is 10.8 Å². The first kappa shape index (κ1) is 13.4. The predicted molar refractivity (Wildman–Crippen MR) is 65.8 cm³/mol. The summed E-state index contributed by atoms with van der Waals surface area (Å²) in [5, 5.41) is 16.2. The van der Waals surface area contributed by atoms with Gasteiger partial charge in [0.1, 0.15) is 0 Å². The molecule has 1 aromatic rings. The third kappa shape index (κ3) is 4.82. The van der Waals surface area contributed by atoms with Gasteiger partial charge in [0.05, 0.1) is 5.69 Å². The molecule has 0 spiro atoms. The first-order chi connectivity index (χ1) is 8.13. The van der Waals surface area contributed by atoms with Crippen molar-refractivity contribution in [2.75, 3.05) is 13.1 Å². The first-order valence-corrected chi connectivity index (χ1v) is 5.75. The van der Waals surface area contributed by atoms with Crippen LogP contribution in [0.5, 0.6) is 0 Å². The Balaban J connectivity index is 2.22. The third-order valence-corrected chi connectivity index (χ3v) is 2.48. The summed E-state index contributed by atoms with van der Waals surface area (Å²) in [5.41, 5.74) is 1.49. The summed E-state index contributed by atoms with van der Waals surface area (Å²) in [7, 11) is 1.89. The van der Waals surface area contributed by atoms with Crippen molar-refractivity contribution in [2.24, 2.45) is 7.05 Å². The van der Waals surface area contributed by atoms with Crippen molar-refractivity contribution in [3.8, 4) is 0 Å². The van der Waals surface area contributed by atoms with E-state index in [1.165, 1.54) is 0 Å². The van der Waals surface area contributed by atoms with Gasteiger partial charge in [0.25, 0.3) is 0 Å². The Bertz CT molecular complexity index is 396. The summed E-state index contributed by atoms with van der Waals surface area (Å²) in [6, 6.07) is 1.98. The second-order valence-electron chi connectivity index (χ2n) is 3.82. The van der Waals surface area contributed by atoms with Gasteiger partial charge >= 0.3 is 5.97 Å². The summed E-state index contributed by atoms with van der Waals surface area (Å²) >= 11 is 0. The number of aromatic nitrogens is 2. The molecule has 0 saturated carbocycles. The van der Waals surface area contributed by atoms with Gasteiger partial charge < -0.3 is 10.4 Å². The molecule has 5 heteroatoms. The molecular weight excluding hydrogens is 218 g/mol. The second-order valence-corrected chi connectivity index (χ2v) is 3.82. The maximum Gasteiger partial charge on any atom is 0.331 e. The lowest BCUT2D eigenvalue weighted by Gasteiger charge is -2.01. The molecule has 1 rings (SSSR count). The standard InChI is InChI=1S/C12H19N3O2/c1-3-10(12(16)17)4-7-13-8-5-11-6-9-15(2)14-11/h4,6,9,13H,3,5,7-8H2,1-2H3,(H,16,17)/b10-4-. The highest BCUT2D eigenvalue weighted by atomic mass is 16.4. The molecule has 0 atom stereocenters. The first-order valence-electron chi connectivity index (χ1n) is 5.75. The van der Waals surface area contributed by atoms with Crippen molar-refractivity contribution in [1.29, 1.82) is 0 Å². The molecule has 1 heterocycles. The zero-order valence-corrected chi connectivity index (χ0v) is 10.3. The number of carbonyl (C=O) groups is 1. The topological polar surface area (TPSA) is 67.2 Å². The van der Waals surface area contributed by atoms with E-state index in [-0.39, 0.29) is 0 Å². The molecule has 0 saturated heterocycles. The minimum absolute atomic E-state index is 0.454. The Morgan fingerprint density at radius 2 is 2.41 bits per heavy atom. The number of aryl methyl sites for hydroxylation is 1. The Morgan fingerprint density at radius 1 is 1.65 bits per heavy atom. The van der Waals surface area contributed by atoms with Crippen LogP contribution in [0.2, 0.25) is 0 Å². The summed E-state index contributed by atoms with van der Waals surface area (Å²) in [6.07, 6.45) is 5.04. The SMILES string of the molecule is CC/C(=C/CNCCc1ccn(C)n1)C(=O)O. The number of nitrogens with zero attached hydrogens (tertiary/aromatic N) is 2. The van der Waals surface area contributed by atoms with Crippen LogP contribution < -0.4 is 5.32 Å². The minimum atomic E-state index is -0.834. The van der Waals surface area contributed by atoms with Crippen LogP contribution in [0, 0.1) is 0 Å². The Morgan fingerprint density at radius 3 is 2.94 bits per heavy atom. The molecule has 17 heavy (non-hydrogen) atoms. The van der Waals surface area contributed by atoms with Gasteiger partial charge in [-0.1, -0.05) is 13.0 Å². The summed E-state index contributed by atoms with van der Waals surface area (Å²) in [4.78, 5) is 10.7. The fourth-order valence-electron chi connectivity index (χ4n) is 1.49. The lowest BCUT2D eigenvalue weighted by atomic mass is 10.2. The van der Waals surface area contributed by atoms with Crippen LogP contribution in [0.1, 0.15) is 19.0 Å². The molecule has 94 valence electrons. The third-order valence-electron chi connectivity index (χ3n) is 2.48. The number of rotatable bonds is 7. The van der Waals surface area contributed by atoms with Crippen molar-refractivity contribution in [2.45, 2.75) is 19.8 Å². The van der Waals surface area contributed by atoms with E-state index in [1.807, 2.05) is 26.2 Å². The van der Waals surface area contributed by atoms with E-state index in [2.05, 4.69) is 10.4 Å². The quantitative estimate of drug-likeness (QED) is 0.548. The molecular formula is C12H19N3O2. The normalized spacial score (nSPS) is 11.8. The summed E-state index contributed by atoms with van der Waals surface area (Å²) in [5.74, 6) is -0.834. The number of hydrogen-bond acceptors (Lipinski definition) is 3. The molecule has 0 amide bonds. The molecule has 0 aliphatic heterocycles. The van der Waals surface area contributed by atoms with Gasteiger partial charge in [-0.15, -0.1) is 0 Å². The van der Waals surface area contributed by atoms with E-state index < -0.39 is 5.97 Å². The molecule has 2 N–H and O–H groups in total. The predicted octanol–water partition coefficient (Wildman–Crippen LogP) is 0.973. The molecule has 1 aromatic heterocycles. The molecule has 0 aromatic carbocycles. The molecule has 0 aliphatic carbocycles. The maximum absolute atomic E-state index is 10.7. The van der Waals surface area contributed by atoms with Gasteiger partial charge in [0, 0.05) is 38.3 Å². The van der Waals surface area contributed by atoms with Crippen molar-refractivity contribution < 1.29 is 9.90 Å². The van der Waals surface area contributed by atoms with E-state index in [9.17, 15) is 4.79 Å². The number of nitrogens with one attached hydrogen (secondary N) is 1. The molecule has 0 unspecified atom stereocenters. The average molecular weight is 237 g/mol. The molecule has 0 radical (unpaired) electrons. The Hall–Kier alpha value is -1.62. The fraction of sp³-hybridized carbons (Fsp3) is 0.500. The van der Waals surface area contributed by atoms with Crippen molar-refractivity contribution in [3.63, 3.8) is 0 Å². The van der Waals surface area contributed by atoms with Crippen LogP contribution in [-0.4, -0.2) is 33.9 Å². The van der Waals surface area contributed by atoms with E-state index in [0.717, 1.165) is 18.7 Å². The average Bonchev–Trinajstić information content (AvgIpc) is 2.69. The van der Waals surface area contributed by atoms with Gasteiger partial charge in [-0.05, 0) is 12.5 Å². The van der Waals surface area contributed by atoms with Gasteiger partial charge in [-0.25, -0.2) is 4.79 Å². The Labute approximate surface area is 101 Å². The zero-order chi connectivity index (χ0) is 12.7. The van der Waals surface area contributed by atoms with Crippen LogP contribution in [0.4, 0.5) is 0 Å². The molecule has 0 aliphatic rings. The second kappa shape index (κ2) is 6.85. The molecule has 0 bridgehead atoms. The molecule has 0 fully saturated rings. The maximum atomic E-state index is 10.7. The van der Waals surface area contributed by atoms with Gasteiger partial charge in [0.15, 0.2) is 0 Å². The summed E-state index contributed by atoms with van der Waals surface area (Å²) < 4.78 is 1.77. The highest BCUT2D eigenvalue weighted by molar-refractivity contribution is 5.86. The summed E-state index contributed by atoms with van der Waals surface area (Å²) in [6.45, 7) is 3.22. The number of carboxylic acids is 1. The van der Waals surface area contributed by atoms with Crippen LogP contribution in [0.15, 0.2) is 23.9 Å². The zero-order valence-electron chi connectivity index (χ0n) is 10.3. The van der Waals surface area contributed by atoms with Gasteiger partial charge in [-0.3, -0.25) is 4.68 Å². The Kier molecular flexibility index (Phi) is 5.42. The fourth-order valence-corrected chi connectivity index (χ4v) is 1.49. The smallest absolute Gasteiger partial charge is 0.331 e. The van der Waals surface area contributed by atoms with Crippen LogP contribution in [0.25, 0.3) is 0 Å². The molecule has 5 nitrogen and oxygen atoms in total. The number of aliphatic carboxylic acids is 1. The van der Waals surface area contributed by atoms with Crippen molar-refractivity contribution in [3.05, 3.63) is 29.6 Å². The highest BCUT2D eigenvalue weighted by Gasteiger charge is 2.02. The van der Waals surface area contributed by atoms with Crippen molar-refractivity contribution >= 4 is 5.97 Å². The lowest BCUT2D eigenvalue weighted by Crippen LogP contribution is -2.18. The van der Waals surface area contributed by atoms with Gasteiger partial charge in [-0.2, -0.15) is 5.10 Å². The van der Waals surface area contributed by atoms with Crippen LogP contribution >= 0.6 is 0 Å². The van der Waals surface area contributed by atoms with Crippen molar-refractivity contribution in [1.82, 2.24) is 15.1 Å². The van der Waals surface area contributed by atoms with Gasteiger partial charge in [0.2, 0.25) is 0 Å². The van der Waals surface area contributed by atoms with Crippen LogP contribution in [0.3, 0.4) is 0 Å². The highest BCUT2D eigenvalue weighted by Crippen LogP contribution is 1.99.